The first-order valence-electron chi connectivity index (χ1n) is 9.09. The molecule has 30 heavy (non-hydrogen) atoms. The zero-order valence-electron chi connectivity index (χ0n) is 15.7. The van der Waals surface area contributed by atoms with Crippen molar-refractivity contribution in [3.63, 3.8) is 0 Å². The third-order valence-corrected chi connectivity index (χ3v) is 4.95. The first kappa shape index (κ1) is 20.0. The average Bonchev–Trinajstić information content (AvgIpc) is 3.31. The number of aliphatic hydroxyl groups excluding tert-OH is 2. The molecule has 0 amide bonds. The Morgan fingerprint density at radius 1 is 1.13 bits per heavy atom. The van der Waals surface area contributed by atoms with Gasteiger partial charge in [-0.05, 0) is 11.6 Å². The number of anilines is 1. The number of aliphatic hydroxyl groups is 2. The van der Waals surface area contributed by atoms with Crippen LogP contribution in [0.15, 0.2) is 30.9 Å². The van der Waals surface area contributed by atoms with Gasteiger partial charge < -0.3 is 25.4 Å². The Bertz CT molecular complexity index is 1090. The summed E-state index contributed by atoms with van der Waals surface area (Å²) in [6.45, 7) is 0.120. The first-order valence-corrected chi connectivity index (χ1v) is 9.09. The first-order chi connectivity index (χ1) is 14.5. The third kappa shape index (κ3) is 3.55. The lowest BCUT2D eigenvalue weighted by Gasteiger charge is -2.16. The zero-order valence-corrected chi connectivity index (χ0v) is 15.7. The molecule has 4 rings (SSSR count). The molecule has 2 aromatic heterocycles. The van der Waals surface area contributed by atoms with E-state index in [9.17, 15) is 19.8 Å². The quantitative estimate of drug-likeness (QED) is 0.445. The topological polar surface area (TPSA) is 163 Å². The van der Waals surface area contributed by atoms with Gasteiger partial charge in [0.05, 0.1) is 19.5 Å². The van der Waals surface area contributed by atoms with Crippen LogP contribution in [-0.2, 0) is 16.1 Å². The third-order valence-electron chi connectivity index (χ3n) is 4.95. The van der Waals surface area contributed by atoms with Crippen molar-refractivity contribution in [1.82, 2.24) is 19.5 Å². The largest absolute Gasteiger partial charge is 0.387 e. The van der Waals surface area contributed by atoms with Crippen LogP contribution in [0, 0.1) is 0 Å². The van der Waals surface area contributed by atoms with Crippen LogP contribution in [0.3, 0.4) is 0 Å². The molecule has 1 fully saturated rings. The number of nitrogen functional groups attached to an aromatic ring is 1. The number of ether oxygens (including phenoxy) is 2. The maximum atomic E-state index is 11.1. The van der Waals surface area contributed by atoms with Gasteiger partial charge in [0.2, 0.25) is 0 Å². The molecule has 1 aliphatic rings. The second kappa shape index (κ2) is 8.24. The molecule has 1 aliphatic heterocycles. The number of imidazole rings is 1. The van der Waals surface area contributed by atoms with Gasteiger partial charge in [0, 0.05) is 11.1 Å². The van der Waals surface area contributed by atoms with Gasteiger partial charge in [-0.2, -0.15) is 0 Å². The number of benzene rings is 1. The van der Waals surface area contributed by atoms with Crippen molar-refractivity contribution in [2.75, 3.05) is 12.3 Å². The fraction of sp³-hybridized carbons (Fsp3) is 0.316. The molecule has 0 aliphatic carbocycles. The van der Waals surface area contributed by atoms with Crippen LogP contribution in [-0.4, -0.2) is 67.2 Å². The summed E-state index contributed by atoms with van der Waals surface area (Å²) in [6.07, 6.45) is -0.272. The smallest absolute Gasteiger partial charge is 0.167 e. The van der Waals surface area contributed by atoms with E-state index in [1.165, 1.54) is 23.3 Å². The molecule has 4 unspecified atom stereocenters. The maximum Gasteiger partial charge on any atom is 0.167 e. The highest BCUT2D eigenvalue weighted by molar-refractivity contribution is 5.90. The number of carbonyl (C=O) groups excluding carboxylic acids is 2. The van der Waals surface area contributed by atoms with Gasteiger partial charge in [-0.15, -0.1) is 0 Å². The molecule has 11 nitrogen and oxygen atoms in total. The highest BCUT2D eigenvalue weighted by Crippen LogP contribution is 2.32. The lowest BCUT2D eigenvalue weighted by Crippen LogP contribution is -2.33. The normalized spacial score (nSPS) is 23.7. The maximum absolute atomic E-state index is 11.1. The minimum atomic E-state index is -1.24. The van der Waals surface area contributed by atoms with Crippen LogP contribution < -0.4 is 5.73 Å². The van der Waals surface area contributed by atoms with Crippen molar-refractivity contribution in [3.05, 3.63) is 47.5 Å². The van der Waals surface area contributed by atoms with Crippen molar-refractivity contribution in [3.8, 4) is 0 Å². The Balaban J connectivity index is 1.43. The minimum Gasteiger partial charge on any atom is -0.387 e. The Morgan fingerprint density at radius 2 is 1.93 bits per heavy atom. The van der Waals surface area contributed by atoms with Crippen LogP contribution in [0.25, 0.3) is 11.2 Å². The van der Waals surface area contributed by atoms with Gasteiger partial charge in [0.15, 0.2) is 30.3 Å². The molecule has 1 aromatic carbocycles. The van der Waals surface area contributed by atoms with Crippen molar-refractivity contribution in [2.24, 2.45) is 0 Å². The number of hydrogen-bond acceptors (Lipinski definition) is 10. The molecular formula is C19H19N5O6. The SMILES string of the molecule is Nc1ncnc2c1ncn2C1OC(COCc2ccc(C=O)c(C=O)c2)C(O)C1O. The minimum absolute atomic E-state index is 0.00959. The molecule has 3 aromatic rings. The summed E-state index contributed by atoms with van der Waals surface area (Å²) >= 11 is 0. The molecule has 3 heterocycles. The second-order valence-corrected chi connectivity index (χ2v) is 6.84. The lowest BCUT2D eigenvalue weighted by atomic mass is 10.1. The van der Waals surface area contributed by atoms with Crippen LogP contribution >= 0.6 is 0 Å². The van der Waals surface area contributed by atoms with Crippen LogP contribution in [0.4, 0.5) is 5.82 Å². The van der Waals surface area contributed by atoms with Crippen molar-refractivity contribution in [2.45, 2.75) is 31.1 Å². The van der Waals surface area contributed by atoms with E-state index in [-0.39, 0.29) is 24.6 Å². The molecule has 1 saturated heterocycles. The predicted octanol–water partition coefficient (Wildman–Crippen LogP) is -0.131. The number of rotatable bonds is 7. The molecule has 4 atom stereocenters. The molecule has 0 radical (unpaired) electrons. The van der Waals surface area contributed by atoms with Gasteiger partial charge in [-0.1, -0.05) is 12.1 Å². The number of fused-ring (bicyclic) bond motifs is 1. The number of aromatic nitrogens is 4. The molecule has 156 valence electrons. The van der Waals surface area contributed by atoms with Crippen molar-refractivity contribution in [1.29, 1.82) is 0 Å². The summed E-state index contributed by atoms with van der Waals surface area (Å²) in [4.78, 5) is 34.1. The van der Waals surface area contributed by atoms with Gasteiger partial charge in [0.1, 0.15) is 30.2 Å². The van der Waals surface area contributed by atoms with Gasteiger partial charge in [-0.25, -0.2) is 15.0 Å². The molecular weight excluding hydrogens is 394 g/mol. The Morgan fingerprint density at radius 3 is 2.70 bits per heavy atom. The van der Waals surface area contributed by atoms with Crippen molar-refractivity contribution >= 4 is 29.6 Å². The molecule has 11 heteroatoms. The molecule has 4 N–H and O–H groups in total. The summed E-state index contributed by atoms with van der Waals surface area (Å²) < 4.78 is 12.9. The fourth-order valence-electron chi connectivity index (χ4n) is 3.37. The number of aldehydes is 2. The molecule has 0 spiro atoms. The fourth-order valence-corrected chi connectivity index (χ4v) is 3.37. The number of carbonyl (C=O) groups is 2. The van der Waals surface area contributed by atoms with Gasteiger partial charge >= 0.3 is 0 Å². The lowest BCUT2D eigenvalue weighted by molar-refractivity contribution is -0.0682. The van der Waals surface area contributed by atoms with E-state index in [0.717, 1.165) is 0 Å². The molecule has 0 saturated carbocycles. The summed E-state index contributed by atoms with van der Waals surface area (Å²) in [6, 6.07) is 4.76. The van der Waals surface area contributed by atoms with E-state index in [0.29, 0.717) is 34.9 Å². The summed E-state index contributed by atoms with van der Waals surface area (Å²) in [7, 11) is 0. The van der Waals surface area contributed by atoms with Crippen molar-refractivity contribution < 1.29 is 29.3 Å². The standard InChI is InChI=1S/C19H19N5O6/c20-17-14-18(22-8-21-17)24(9-23-14)19-16(28)15(27)13(30-19)7-29-6-10-1-2-11(4-25)12(3-10)5-26/h1-5,8-9,13,15-16,19,27-28H,6-7H2,(H2,20,21,22). The predicted molar refractivity (Wildman–Crippen MR) is 103 cm³/mol. The van der Waals surface area contributed by atoms with Gasteiger partial charge in [-0.3, -0.25) is 14.2 Å². The van der Waals surface area contributed by atoms with E-state index in [4.69, 9.17) is 15.2 Å². The Hall–Kier alpha value is -3.25. The van der Waals surface area contributed by atoms with E-state index in [2.05, 4.69) is 15.0 Å². The van der Waals surface area contributed by atoms with Crippen LogP contribution in [0.1, 0.15) is 32.5 Å². The number of nitrogens with zero attached hydrogens (tertiary/aromatic N) is 4. The average molecular weight is 413 g/mol. The highest BCUT2D eigenvalue weighted by Gasteiger charge is 2.44. The summed E-state index contributed by atoms with van der Waals surface area (Å²) in [5.41, 5.74) is 7.77. The van der Waals surface area contributed by atoms with Crippen LogP contribution in [0.5, 0.6) is 0 Å². The highest BCUT2D eigenvalue weighted by atomic mass is 16.6. The van der Waals surface area contributed by atoms with E-state index in [1.807, 2.05) is 0 Å². The Labute approximate surface area is 170 Å². The monoisotopic (exact) mass is 413 g/mol. The van der Waals surface area contributed by atoms with E-state index in [1.54, 1.807) is 12.1 Å². The summed E-state index contributed by atoms with van der Waals surface area (Å²) in [5.74, 6) is 0.196. The van der Waals surface area contributed by atoms with E-state index >= 15 is 0 Å². The Kier molecular flexibility index (Phi) is 5.50. The van der Waals surface area contributed by atoms with Gasteiger partial charge in [0.25, 0.3) is 0 Å². The molecule has 0 bridgehead atoms. The second-order valence-electron chi connectivity index (χ2n) is 6.84. The van der Waals surface area contributed by atoms with Crippen LogP contribution in [0.2, 0.25) is 0 Å². The zero-order chi connectivity index (χ0) is 21.3. The summed E-state index contributed by atoms with van der Waals surface area (Å²) in [5, 5.41) is 20.8. The number of nitrogens with two attached hydrogens (primary N) is 1. The van der Waals surface area contributed by atoms with E-state index < -0.39 is 24.5 Å². The number of hydrogen-bond donors (Lipinski definition) is 3.